The summed E-state index contributed by atoms with van der Waals surface area (Å²) in [5.41, 5.74) is 2.81. The first kappa shape index (κ1) is 26.2. The third kappa shape index (κ3) is 7.80. The molecule has 3 aromatic rings. The monoisotopic (exact) mass is 515 g/mol. The van der Waals surface area contributed by atoms with Gasteiger partial charge in [0.25, 0.3) is 0 Å². The molecule has 1 aromatic heterocycles. The minimum Gasteiger partial charge on any atom is -0.362 e. The molecule has 2 aliphatic rings. The Morgan fingerprint density at radius 2 is 1.21 bits per heavy atom. The molecule has 6 N–H and O–H groups in total. The zero-order chi connectivity index (χ0) is 24.3. The van der Waals surface area contributed by atoms with Crippen LogP contribution in [0.5, 0.6) is 0 Å². The van der Waals surface area contributed by atoms with Gasteiger partial charge in [0.2, 0.25) is 0 Å². The molecule has 2 aliphatic carbocycles. The molecule has 178 valence electrons. The Morgan fingerprint density at radius 1 is 0.735 bits per heavy atom. The second-order valence-electron chi connectivity index (χ2n) is 7.46. The molecule has 1 heterocycles. The van der Waals surface area contributed by atoms with Gasteiger partial charge >= 0.3 is 0 Å². The quantitative estimate of drug-likeness (QED) is 0.270. The first-order valence-corrected chi connectivity index (χ1v) is 13.3. The lowest BCUT2D eigenvalue weighted by Gasteiger charge is -2.26. The summed E-state index contributed by atoms with van der Waals surface area (Å²) in [6.45, 7) is 0. The number of allylic oxidation sites excluding steroid dienone is 4. The number of aromatic nitrogens is 3. The van der Waals surface area contributed by atoms with Crippen LogP contribution in [0.15, 0.2) is 97.1 Å². The summed E-state index contributed by atoms with van der Waals surface area (Å²) in [6.07, 6.45) is 11.1. The standard InChI is InChI=1S/2C12H12O2.H4N3P3/c2*13-12(14)9-5-4-8-11(12)10-6-2-1-3-7-10;1-4-2-6-3-5-1/h2*1-8,13-14H,9H2;1,4-5H,(H,2,3). The molecule has 0 amide bonds. The van der Waals surface area contributed by atoms with Crippen molar-refractivity contribution in [3.05, 3.63) is 108 Å². The topological polar surface area (TPSA) is 125 Å². The van der Waals surface area contributed by atoms with Crippen molar-refractivity contribution in [3.8, 4) is 0 Å². The highest BCUT2D eigenvalue weighted by Gasteiger charge is 2.30. The maximum Gasteiger partial charge on any atom is 0.193 e. The molecule has 0 saturated carbocycles. The van der Waals surface area contributed by atoms with E-state index in [-0.39, 0.29) is 12.8 Å². The van der Waals surface area contributed by atoms with Gasteiger partial charge in [-0.15, -0.1) is 0 Å². The van der Waals surface area contributed by atoms with Crippen LogP contribution < -0.4 is 0 Å². The van der Waals surface area contributed by atoms with Crippen LogP contribution in [0.2, 0.25) is 0 Å². The van der Waals surface area contributed by atoms with Gasteiger partial charge in [0.1, 0.15) is 8.51 Å². The van der Waals surface area contributed by atoms with Crippen LogP contribution in [-0.4, -0.2) is 45.5 Å². The molecule has 0 radical (unpaired) electrons. The predicted molar refractivity (Wildman–Crippen MR) is 143 cm³/mol. The highest BCUT2D eigenvalue weighted by Crippen LogP contribution is 2.31. The molecule has 2 unspecified atom stereocenters. The molecule has 5 rings (SSSR count). The van der Waals surface area contributed by atoms with Gasteiger partial charge in [-0.2, -0.15) is 4.51 Å². The summed E-state index contributed by atoms with van der Waals surface area (Å²) in [4.78, 5) is 0. The third-order valence-corrected chi connectivity index (χ3v) is 7.55. The molecule has 0 spiro atoms. The Morgan fingerprint density at radius 3 is 1.50 bits per heavy atom. The van der Waals surface area contributed by atoms with E-state index in [1.54, 1.807) is 24.3 Å². The second kappa shape index (κ2) is 12.9. The normalized spacial score (nSPS) is 17.9. The molecular weight excluding hydrogens is 487 g/mol. The Labute approximate surface area is 203 Å². The molecule has 0 bridgehead atoms. The van der Waals surface area contributed by atoms with Crippen molar-refractivity contribution in [2.45, 2.75) is 24.4 Å². The summed E-state index contributed by atoms with van der Waals surface area (Å²) in [5.74, 6) is -3.45. The minimum absolute atomic E-state index is 0.244. The van der Waals surface area contributed by atoms with Gasteiger partial charge in [-0.25, -0.2) is 0 Å². The number of nitrogens with one attached hydrogen (secondary N) is 2. The van der Waals surface area contributed by atoms with Gasteiger partial charge in [-0.05, 0) is 11.1 Å². The van der Waals surface area contributed by atoms with E-state index < -0.39 is 11.6 Å². The average Bonchev–Trinajstić information content (AvgIpc) is 2.86. The summed E-state index contributed by atoms with van der Waals surface area (Å²) in [5, 5.41) is 38.9. The number of rotatable bonds is 2. The Balaban J connectivity index is 0.000000154. The smallest absolute Gasteiger partial charge is 0.193 e. The largest absolute Gasteiger partial charge is 0.362 e. The van der Waals surface area contributed by atoms with Crippen molar-refractivity contribution in [2.75, 3.05) is 0 Å². The fraction of sp³-hybridized carbons (Fsp3) is 0.167. The summed E-state index contributed by atoms with van der Waals surface area (Å²) in [6, 6.07) is 18.8. The lowest BCUT2D eigenvalue weighted by molar-refractivity contribution is -0.106. The molecule has 0 saturated heterocycles. The summed E-state index contributed by atoms with van der Waals surface area (Å²) >= 11 is 0. The van der Waals surface area contributed by atoms with Crippen molar-refractivity contribution in [1.29, 1.82) is 0 Å². The van der Waals surface area contributed by atoms with Crippen LogP contribution >= 0.6 is 25.5 Å². The first-order chi connectivity index (χ1) is 16.4. The molecule has 2 atom stereocenters. The summed E-state index contributed by atoms with van der Waals surface area (Å²) in [7, 11) is 2.36. The molecule has 10 heteroatoms. The van der Waals surface area contributed by atoms with Crippen LogP contribution in [-0.2, 0) is 0 Å². The lowest BCUT2D eigenvalue weighted by Crippen LogP contribution is -2.30. The van der Waals surface area contributed by atoms with Crippen molar-refractivity contribution >= 4 is 36.7 Å². The van der Waals surface area contributed by atoms with E-state index in [0.29, 0.717) is 28.2 Å². The lowest BCUT2D eigenvalue weighted by atomic mass is 9.92. The predicted octanol–water partition coefficient (Wildman–Crippen LogP) is 4.93. The van der Waals surface area contributed by atoms with Crippen LogP contribution in [0.25, 0.3) is 11.1 Å². The van der Waals surface area contributed by atoms with Crippen molar-refractivity contribution in [3.63, 3.8) is 0 Å². The van der Waals surface area contributed by atoms with E-state index in [4.69, 9.17) is 0 Å². The number of hydrogen-bond acceptors (Lipinski definition) is 5. The van der Waals surface area contributed by atoms with Gasteiger partial charge < -0.3 is 29.4 Å². The highest BCUT2D eigenvalue weighted by atomic mass is 31.1. The SMILES string of the molecule is OC1(O)CC=CC=C1c1ccccc1.OC1(O)CC=CC=C1c1ccccc1.n1p[nH][pH][nH][pH]1. The van der Waals surface area contributed by atoms with Crippen LogP contribution in [0.4, 0.5) is 0 Å². The van der Waals surface area contributed by atoms with Gasteiger partial charge in [-0.3, -0.25) is 0 Å². The van der Waals surface area contributed by atoms with E-state index in [2.05, 4.69) is 13.5 Å². The number of H-pyrrole nitrogens is 2. The second-order valence-corrected chi connectivity index (χ2v) is 10.8. The van der Waals surface area contributed by atoms with E-state index in [0.717, 1.165) is 19.6 Å². The van der Waals surface area contributed by atoms with Gasteiger partial charge in [0.05, 0.1) is 0 Å². The fourth-order valence-corrected chi connectivity index (χ4v) is 5.98. The van der Waals surface area contributed by atoms with Crippen molar-refractivity contribution in [1.82, 2.24) is 13.5 Å². The van der Waals surface area contributed by atoms with Gasteiger partial charge in [-0.1, -0.05) is 97.1 Å². The average molecular weight is 515 g/mol. The van der Waals surface area contributed by atoms with E-state index in [1.807, 2.05) is 72.8 Å². The van der Waals surface area contributed by atoms with Crippen LogP contribution in [0.3, 0.4) is 0 Å². The van der Waals surface area contributed by atoms with E-state index >= 15 is 0 Å². The summed E-state index contributed by atoms with van der Waals surface area (Å²) < 4.78 is 10.0. The number of hydrogen-bond donors (Lipinski definition) is 6. The molecule has 34 heavy (non-hydrogen) atoms. The number of benzene rings is 2. The maximum atomic E-state index is 9.72. The molecule has 2 aromatic carbocycles. The molecular formula is C24H28N3O4P3. The van der Waals surface area contributed by atoms with Gasteiger partial charge in [0.15, 0.2) is 11.6 Å². The maximum absolute atomic E-state index is 9.72. The number of aromatic amines is 2. The molecule has 0 fully saturated rings. The minimum atomic E-state index is -1.73. The zero-order valence-electron chi connectivity index (χ0n) is 18.3. The third-order valence-electron chi connectivity index (χ3n) is 4.96. The highest BCUT2D eigenvalue weighted by molar-refractivity contribution is 7.43. The number of nitrogens with zero attached hydrogens (tertiary/aromatic N) is 1. The molecule has 7 nitrogen and oxygen atoms in total. The van der Waals surface area contributed by atoms with Crippen molar-refractivity contribution in [2.24, 2.45) is 0 Å². The van der Waals surface area contributed by atoms with Crippen molar-refractivity contribution < 1.29 is 20.4 Å². The number of aliphatic hydroxyl groups is 4. The molecule has 0 aliphatic heterocycles. The Bertz CT molecular complexity index is 1050. The van der Waals surface area contributed by atoms with Gasteiger partial charge in [0, 0.05) is 41.0 Å². The van der Waals surface area contributed by atoms with Crippen LogP contribution in [0.1, 0.15) is 24.0 Å². The van der Waals surface area contributed by atoms with Crippen LogP contribution in [0, 0.1) is 0 Å². The van der Waals surface area contributed by atoms with E-state index in [1.165, 1.54) is 0 Å². The first-order valence-electron chi connectivity index (χ1n) is 10.5. The zero-order valence-corrected chi connectivity index (χ0v) is 21.2. The Hall–Kier alpha value is -2.46. The Kier molecular flexibility index (Phi) is 9.88. The fourth-order valence-electron chi connectivity index (χ4n) is 3.33. The van der Waals surface area contributed by atoms with E-state index in [9.17, 15) is 20.4 Å².